The first kappa shape index (κ1) is 17.7. The zero-order valence-electron chi connectivity index (χ0n) is 12.7. The van der Waals surface area contributed by atoms with Gasteiger partial charge in [-0.3, -0.25) is 4.79 Å². The minimum atomic E-state index is -4.99. The lowest BCUT2D eigenvalue weighted by atomic mass is 9.89. The summed E-state index contributed by atoms with van der Waals surface area (Å²) in [5.74, 6) is -1.56. The number of halogens is 3. The van der Waals surface area contributed by atoms with Crippen LogP contribution in [0.15, 0.2) is 23.1 Å². The molecule has 2 aliphatic heterocycles. The number of ether oxygens (including phenoxy) is 1. The van der Waals surface area contributed by atoms with Gasteiger partial charge in [-0.1, -0.05) is 0 Å². The zero-order chi connectivity index (χ0) is 18.4. The predicted molar refractivity (Wildman–Crippen MR) is 77.5 cm³/mol. The van der Waals surface area contributed by atoms with Crippen molar-refractivity contribution in [2.45, 2.75) is 42.5 Å². The van der Waals surface area contributed by atoms with Crippen LogP contribution in [0.3, 0.4) is 0 Å². The molecular weight excluding hydrogens is 361 g/mol. The summed E-state index contributed by atoms with van der Waals surface area (Å²) in [6.45, 7) is 0. The van der Waals surface area contributed by atoms with Gasteiger partial charge in [-0.15, -0.1) is 0 Å². The first-order valence-corrected chi connectivity index (χ1v) is 8.93. The highest BCUT2D eigenvalue weighted by molar-refractivity contribution is 7.90. The SMILES string of the molecule is N#Cc1ccc(S(=O)(=O)NC(=O)[C@@H]2C[C@H]3CC[C@H]2O3)c(C(F)(F)F)c1. The first-order chi connectivity index (χ1) is 11.6. The summed E-state index contributed by atoms with van der Waals surface area (Å²) < 4.78 is 71.3. The molecule has 25 heavy (non-hydrogen) atoms. The van der Waals surface area contributed by atoms with Gasteiger partial charge in [0.25, 0.3) is 10.0 Å². The lowest BCUT2D eigenvalue weighted by molar-refractivity contribution is -0.140. The lowest BCUT2D eigenvalue weighted by Gasteiger charge is -2.19. The summed E-state index contributed by atoms with van der Waals surface area (Å²) in [6, 6.07) is 3.60. The molecule has 10 heteroatoms. The number of sulfonamides is 1. The normalized spacial score (nSPS) is 25.6. The molecule has 1 aromatic rings. The number of alkyl halides is 3. The van der Waals surface area contributed by atoms with E-state index in [4.69, 9.17) is 10.00 Å². The van der Waals surface area contributed by atoms with Crippen molar-refractivity contribution in [2.24, 2.45) is 5.92 Å². The molecule has 0 saturated carbocycles. The van der Waals surface area contributed by atoms with Crippen molar-refractivity contribution in [3.8, 4) is 6.07 Å². The Balaban J connectivity index is 1.90. The molecule has 0 spiro atoms. The fraction of sp³-hybridized carbons (Fsp3) is 0.467. The Kier molecular flexibility index (Phi) is 4.25. The van der Waals surface area contributed by atoms with Gasteiger partial charge in [0.1, 0.15) is 0 Å². The molecule has 134 valence electrons. The van der Waals surface area contributed by atoms with Crippen molar-refractivity contribution >= 4 is 15.9 Å². The van der Waals surface area contributed by atoms with E-state index >= 15 is 0 Å². The number of hydrogen-bond donors (Lipinski definition) is 1. The Morgan fingerprint density at radius 1 is 1.32 bits per heavy atom. The van der Waals surface area contributed by atoms with Crippen LogP contribution in [-0.2, 0) is 25.7 Å². The van der Waals surface area contributed by atoms with Crippen molar-refractivity contribution in [1.82, 2.24) is 4.72 Å². The second kappa shape index (κ2) is 6.00. The molecule has 1 aromatic carbocycles. The molecular formula is C15H13F3N2O4S. The third kappa shape index (κ3) is 3.34. The summed E-state index contributed by atoms with van der Waals surface area (Å²) in [7, 11) is -4.74. The van der Waals surface area contributed by atoms with E-state index in [1.165, 1.54) is 6.07 Å². The topological polar surface area (TPSA) is 96.3 Å². The van der Waals surface area contributed by atoms with Gasteiger partial charge in [0.15, 0.2) is 0 Å². The number of benzene rings is 1. The van der Waals surface area contributed by atoms with E-state index < -0.39 is 44.6 Å². The summed E-state index contributed by atoms with van der Waals surface area (Å²) in [4.78, 5) is 11.1. The average molecular weight is 374 g/mol. The smallest absolute Gasteiger partial charge is 0.374 e. The second-order valence-corrected chi connectivity index (χ2v) is 7.66. The number of amides is 1. The van der Waals surface area contributed by atoms with E-state index in [0.717, 1.165) is 12.5 Å². The third-order valence-electron chi connectivity index (χ3n) is 4.38. The molecule has 2 aliphatic rings. The van der Waals surface area contributed by atoms with Crippen LogP contribution < -0.4 is 4.72 Å². The monoisotopic (exact) mass is 374 g/mol. The van der Waals surface area contributed by atoms with E-state index in [9.17, 15) is 26.4 Å². The Morgan fingerprint density at radius 3 is 2.56 bits per heavy atom. The molecule has 6 nitrogen and oxygen atoms in total. The Labute approximate surface area is 141 Å². The Hall–Kier alpha value is -2.12. The van der Waals surface area contributed by atoms with Gasteiger partial charge in [0.05, 0.1) is 40.2 Å². The molecule has 1 N–H and O–H groups in total. The predicted octanol–water partition coefficient (Wildman–Crippen LogP) is 1.95. The minimum absolute atomic E-state index is 0.107. The number of nitrogens with zero attached hydrogens (tertiary/aromatic N) is 1. The van der Waals surface area contributed by atoms with Crippen molar-refractivity contribution in [3.63, 3.8) is 0 Å². The molecule has 2 fully saturated rings. The summed E-state index contributed by atoms with van der Waals surface area (Å²) in [5, 5.41) is 8.72. The Morgan fingerprint density at radius 2 is 2.04 bits per heavy atom. The van der Waals surface area contributed by atoms with E-state index in [2.05, 4.69) is 0 Å². The molecule has 2 heterocycles. The van der Waals surface area contributed by atoms with Gasteiger partial charge in [0.2, 0.25) is 5.91 Å². The Bertz CT molecular complexity index is 861. The number of carbonyl (C=O) groups excluding carboxylic acids is 1. The molecule has 2 saturated heterocycles. The van der Waals surface area contributed by atoms with E-state index in [1.54, 1.807) is 4.72 Å². The second-order valence-electron chi connectivity index (χ2n) is 6.01. The first-order valence-electron chi connectivity index (χ1n) is 7.45. The molecule has 3 atom stereocenters. The fourth-order valence-corrected chi connectivity index (χ4v) is 4.47. The highest BCUT2D eigenvalue weighted by Gasteiger charge is 2.46. The number of nitrogens with one attached hydrogen (secondary N) is 1. The van der Waals surface area contributed by atoms with Crippen LogP contribution in [0.2, 0.25) is 0 Å². The summed E-state index contributed by atoms with van der Waals surface area (Å²) in [5.41, 5.74) is -1.82. The number of rotatable bonds is 3. The summed E-state index contributed by atoms with van der Waals surface area (Å²) in [6.07, 6.45) is -3.74. The van der Waals surface area contributed by atoms with Crippen molar-refractivity contribution < 1.29 is 31.1 Å². The van der Waals surface area contributed by atoms with Crippen LogP contribution in [0.5, 0.6) is 0 Å². The lowest BCUT2D eigenvalue weighted by Crippen LogP contribution is -2.40. The molecule has 0 unspecified atom stereocenters. The van der Waals surface area contributed by atoms with Gasteiger partial charge < -0.3 is 4.74 Å². The third-order valence-corrected chi connectivity index (χ3v) is 5.79. The van der Waals surface area contributed by atoms with Crippen LogP contribution in [0.25, 0.3) is 0 Å². The van der Waals surface area contributed by atoms with Crippen LogP contribution in [0, 0.1) is 17.2 Å². The molecule has 2 bridgehead atoms. The van der Waals surface area contributed by atoms with Crippen LogP contribution in [-0.4, -0.2) is 26.5 Å². The van der Waals surface area contributed by atoms with E-state index in [-0.39, 0.29) is 11.7 Å². The maximum Gasteiger partial charge on any atom is 0.417 e. The quantitative estimate of drug-likeness (QED) is 0.872. The number of carbonyl (C=O) groups is 1. The van der Waals surface area contributed by atoms with Crippen molar-refractivity contribution in [3.05, 3.63) is 29.3 Å². The van der Waals surface area contributed by atoms with Gasteiger partial charge in [-0.2, -0.15) is 18.4 Å². The number of nitriles is 1. The van der Waals surface area contributed by atoms with Gasteiger partial charge in [-0.25, -0.2) is 13.1 Å². The van der Waals surface area contributed by atoms with E-state index in [0.29, 0.717) is 25.0 Å². The zero-order valence-corrected chi connectivity index (χ0v) is 13.5. The van der Waals surface area contributed by atoms with Crippen LogP contribution in [0.1, 0.15) is 30.4 Å². The maximum atomic E-state index is 13.1. The van der Waals surface area contributed by atoms with Crippen LogP contribution >= 0.6 is 0 Å². The number of fused-ring (bicyclic) bond motifs is 2. The fourth-order valence-electron chi connectivity index (χ4n) is 3.23. The minimum Gasteiger partial charge on any atom is -0.374 e. The molecule has 1 amide bonds. The van der Waals surface area contributed by atoms with Crippen molar-refractivity contribution in [1.29, 1.82) is 5.26 Å². The molecule has 0 radical (unpaired) electrons. The highest BCUT2D eigenvalue weighted by atomic mass is 32.2. The maximum absolute atomic E-state index is 13.1. The molecule has 0 aromatic heterocycles. The number of hydrogen-bond acceptors (Lipinski definition) is 5. The molecule has 3 rings (SSSR count). The van der Waals surface area contributed by atoms with Gasteiger partial charge in [-0.05, 0) is 37.5 Å². The van der Waals surface area contributed by atoms with Gasteiger partial charge >= 0.3 is 6.18 Å². The van der Waals surface area contributed by atoms with E-state index in [1.807, 2.05) is 0 Å². The molecule has 0 aliphatic carbocycles. The average Bonchev–Trinajstić information content (AvgIpc) is 3.16. The highest BCUT2D eigenvalue weighted by Crippen LogP contribution is 2.39. The largest absolute Gasteiger partial charge is 0.417 e. The van der Waals surface area contributed by atoms with Crippen LogP contribution in [0.4, 0.5) is 13.2 Å². The van der Waals surface area contributed by atoms with Gasteiger partial charge in [0, 0.05) is 0 Å². The summed E-state index contributed by atoms with van der Waals surface area (Å²) >= 11 is 0. The van der Waals surface area contributed by atoms with Crippen molar-refractivity contribution in [2.75, 3.05) is 0 Å². The standard InChI is InChI=1S/C15H13F3N2O4S/c16-15(17,18)11-5-8(7-19)1-4-13(11)25(22,23)20-14(21)10-6-9-2-3-12(10)24-9/h1,4-5,9-10,12H,2-3,6H2,(H,20,21)/t9-,10-,12-/m1/s1.